The molecule has 0 aliphatic rings. The average molecular weight is 206 g/mol. The van der Waals surface area contributed by atoms with E-state index < -0.39 is 0 Å². The van der Waals surface area contributed by atoms with Gasteiger partial charge in [0.25, 0.3) is 0 Å². The summed E-state index contributed by atoms with van der Waals surface area (Å²) in [5.41, 5.74) is 6.96. The molecule has 0 aromatic carbocycles. The summed E-state index contributed by atoms with van der Waals surface area (Å²) < 4.78 is 0. The quantitative estimate of drug-likeness (QED) is 0.568. The lowest BCUT2D eigenvalue weighted by Gasteiger charge is -2.21. The second-order valence-electron chi connectivity index (χ2n) is 3.39. The van der Waals surface area contributed by atoms with E-state index in [0.717, 1.165) is 25.2 Å². The van der Waals surface area contributed by atoms with E-state index in [-0.39, 0.29) is 5.84 Å². The minimum Gasteiger partial charge on any atom is -0.382 e. The molecule has 1 aromatic rings. The maximum Gasteiger partial charge on any atom is 0.141 e. The van der Waals surface area contributed by atoms with Gasteiger partial charge in [0.1, 0.15) is 11.5 Å². The highest BCUT2D eigenvalue weighted by atomic mass is 15.1. The van der Waals surface area contributed by atoms with Crippen molar-refractivity contribution in [3.05, 3.63) is 24.0 Å². The molecule has 0 fully saturated rings. The zero-order valence-corrected chi connectivity index (χ0v) is 9.33. The minimum atomic E-state index is 0.0140. The first kappa shape index (κ1) is 11.5. The molecule has 0 amide bonds. The van der Waals surface area contributed by atoms with Crippen molar-refractivity contribution < 1.29 is 0 Å². The highest BCUT2D eigenvalue weighted by molar-refractivity contribution is 5.93. The second kappa shape index (κ2) is 5.34. The number of nitrogens with zero attached hydrogens (tertiary/aromatic N) is 2. The number of aromatic nitrogens is 1. The molecule has 0 unspecified atom stereocenters. The number of anilines is 1. The maximum atomic E-state index is 7.24. The standard InChI is InChI=1S/C11H18N4/c1-3-7-15(4-2)9-5-6-10(11(12)13)14-8-9/h5-6,8H,3-4,7H2,1-2H3,(H3,12,13). The van der Waals surface area contributed by atoms with E-state index in [1.165, 1.54) is 0 Å². The van der Waals surface area contributed by atoms with Crippen LogP contribution in [0.2, 0.25) is 0 Å². The number of rotatable bonds is 5. The normalized spacial score (nSPS) is 10.0. The molecule has 1 rings (SSSR count). The summed E-state index contributed by atoms with van der Waals surface area (Å²) in [4.78, 5) is 6.39. The Balaban J connectivity index is 2.81. The molecule has 3 N–H and O–H groups in total. The maximum absolute atomic E-state index is 7.24. The van der Waals surface area contributed by atoms with E-state index in [9.17, 15) is 0 Å². The predicted octanol–water partition coefficient (Wildman–Crippen LogP) is 1.60. The molecular weight excluding hydrogens is 188 g/mol. The molecule has 1 aromatic heterocycles. The van der Waals surface area contributed by atoms with E-state index in [0.29, 0.717) is 5.69 Å². The summed E-state index contributed by atoms with van der Waals surface area (Å²) in [6.07, 6.45) is 2.89. The van der Waals surface area contributed by atoms with Crippen molar-refractivity contribution in [1.82, 2.24) is 4.98 Å². The van der Waals surface area contributed by atoms with Crippen molar-refractivity contribution in [2.24, 2.45) is 5.73 Å². The number of amidine groups is 1. The molecule has 4 nitrogen and oxygen atoms in total. The third kappa shape index (κ3) is 2.94. The van der Waals surface area contributed by atoms with Gasteiger partial charge in [-0.3, -0.25) is 10.4 Å². The average Bonchev–Trinajstić information content (AvgIpc) is 2.26. The van der Waals surface area contributed by atoms with Gasteiger partial charge in [-0.2, -0.15) is 0 Å². The van der Waals surface area contributed by atoms with E-state index >= 15 is 0 Å². The first-order chi connectivity index (χ1) is 7.19. The molecular formula is C11H18N4. The number of hydrogen-bond acceptors (Lipinski definition) is 3. The molecule has 15 heavy (non-hydrogen) atoms. The first-order valence-corrected chi connectivity index (χ1v) is 5.24. The zero-order valence-electron chi connectivity index (χ0n) is 9.33. The van der Waals surface area contributed by atoms with Gasteiger partial charge in [0.05, 0.1) is 11.9 Å². The van der Waals surface area contributed by atoms with E-state index in [4.69, 9.17) is 11.1 Å². The fraction of sp³-hybridized carbons (Fsp3) is 0.455. The number of pyridine rings is 1. The molecule has 0 saturated carbocycles. The highest BCUT2D eigenvalue weighted by Crippen LogP contribution is 2.12. The summed E-state index contributed by atoms with van der Waals surface area (Å²) in [6, 6.07) is 3.75. The van der Waals surface area contributed by atoms with E-state index in [1.54, 1.807) is 12.3 Å². The molecule has 0 aliphatic carbocycles. The number of nitrogens with one attached hydrogen (secondary N) is 1. The van der Waals surface area contributed by atoms with Crippen LogP contribution >= 0.6 is 0 Å². The SMILES string of the molecule is CCCN(CC)c1ccc(C(=N)N)nc1. The molecule has 4 heteroatoms. The lowest BCUT2D eigenvalue weighted by Crippen LogP contribution is -2.23. The Bertz CT molecular complexity index is 318. The van der Waals surface area contributed by atoms with Gasteiger partial charge < -0.3 is 10.6 Å². The number of hydrogen-bond donors (Lipinski definition) is 2. The summed E-state index contributed by atoms with van der Waals surface area (Å²) in [6.45, 7) is 6.26. The van der Waals surface area contributed by atoms with Crippen LogP contribution in [0.4, 0.5) is 5.69 Å². The summed E-state index contributed by atoms with van der Waals surface area (Å²) in [5.74, 6) is 0.0140. The van der Waals surface area contributed by atoms with Gasteiger partial charge in [-0.25, -0.2) is 0 Å². The number of nitrogen functional groups attached to an aromatic ring is 1. The Morgan fingerprint density at radius 3 is 2.60 bits per heavy atom. The van der Waals surface area contributed by atoms with Crippen LogP contribution in [0.5, 0.6) is 0 Å². The minimum absolute atomic E-state index is 0.0140. The van der Waals surface area contributed by atoms with Crippen LogP contribution in [0.15, 0.2) is 18.3 Å². The van der Waals surface area contributed by atoms with Crippen LogP contribution < -0.4 is 10.6 Å². The molecule has 0 saturated heterocycles. The molecule has 0 aliphatic heterocycles. The third-order valence-corrected chi connectivity index (χ3v) is 2.26. The van der Waals surface area contributed by atoms with Gasteiger partial charge in [-0.15, -0.1) is 0 Å². The molecule has 0 spiro atoms. The van der Waals surface area contributed by atoms with Gasteiger partial charge in [-0.05, 0) is 25.5 Å². The van der Waals surface area contributed by atoms with Crippen molar-refractivity contribution in [3.8, 4) is 0 Å². The summed E-state index contributed by atoms with van der Waals surface area (Å²) in [5, 5.41) is 7.24. The lowest BCUT2D eigenvalue weighted by atomic mass is 10.3. The van der Waals surface area contributed by atoms with Crippen molar-refractivity contribution >= 4 is 11.5 Å². The van der Waals surface area contributed by atoms with Crippen LogP contribution in [0, 0.1) is 5.41 Å². The number of nitrogens with two attached hydrogens (primary N) is 1. The van der Waals surface area contributed by atoms with E-state index in [1.807, 2.05) is 6.07 Å². The molecule has 82 valence electrons. The smallest absolute Gasteiger partial charge is 0.141 e. The Morgan fingerprint density at radius 2 is 2.20 bits per heavy atom. The Morgan fingerprint density at radius 1 is 1.47 bits per heavy atom. The Hall–Kier alpha value is -1.58. The van der Waals surface area contributed by atoms with Crippen molar-refractivity contribution in [3.63, 3.8) is 0 Å². The van der Waals surface area contributed by atoms with Gasteiger partial charge >= 0.3 is 0 Å². The fourth-order valence-corrected chi connectivity index (χ4v) is 1.47. The van der Waals surface area contributed by atoms with Crippen LogP contribution in [-0.4, -0.2) is 23.9 Å². The molecule has 1 heterocycles. The molecule has 0 atom stereocenters. The van der Waals surface area contributed by atoms with Gasteiger partial charge in [-0.1, -0.05) is 6.92 Å². The summed E-state index contributed by atoms with van der Waals surface area (Å²) >= 11 is 0. The molecule has 0 bridgehead atoms. The first-order valence-electron chi connectivity index (χ1n) is 5.24. The second-order valence-corrected chi connectivity index (χ2v) is 3.39. The topological polar surface area (TPSA) is 66.0 Å². The van der Waals surface area contributed by atoms with Crippen LogP contribution in [0.25, 0.3) is 0 Å². The van der Waals surface area contributed by atoms with Gasteiger partial charge in [0.15, 0.2) is 0 Å². The monoisotopic (exact) mass is 206 g/mol. The zero-order chi connectivity index (χ0) is 11.3. The lowest BCUT2D eigenvalue weighted by molar-refractivity contribution is 0.789. The predicted molar refractivity (Wildman–Crippen MR) is 63.4 cm³/mol. The molecule has 0 radical (unpaired) electrons. The van der Waals surface area contributed by atoms with Crippen LogP contribution in [0.3, 0.4) is 0 Å². The van der Waals surface area contributed by atoms with Crippen molar-refractivity contribution in [1.29, 1.82) is 5.41 Å². The third-order valence-electron chi connectivity index (χ3n) is 2.26. The fourth-order valence-electron chi connectivity index (χ4n) is 1.47. The van der Waals surface area contributed by atoms with Gasteiger partial charge in [0, 0.05) is 13.1 Å². The Labute approximate surface area is 90.6 Å². The van der Waals surface area contributed by atoms with Gasteiger partial charge in [0.2, 0.25) is 0 Å². The van der Waals surface area contributed by atoms with Crippen LogP contribution in [-0.2, 0) is 0 Å². The Kier molecular flexibility index (Phi) is 4.09. The summed E-state index contributed by atoms with van der Waals surface area (Å²) in [7, 11) is 0. The van der Waals surface area contributed by atoms with Crippen molar-refractivity contribution in [2.75, 3.05) is 18.0 Å². The largest absolute Gasteiger partial charge is 0.382 e. The van der Waals surface area contributed by atoms with Crippen LogP contribution in [0.1, 0.15) is 26.0 Å². The highest BCUT2D eigenvalue weighted by Gasteiger charge is 2.04. The van der Waals surface area contributed by atoms with Crippen molar-refractivity contribution in [2.45, 2.75) is 20.3 Å². The van der Waals surface area contributed by atoms with E-state index in [2.05, 4.69) is 23.7 Å².